The summed E-state index contributed by atoms with van der Waals surface area (Å²) in [5.74, 6) is 0. The Morgan fingerprint density at radius 2 is 1.81 bits per heavy atom. The molecule has 0 atom stereocenters. The van der Waals surface area contributed by atoms with Gasteiger partial charge in [0.25, 0.3) is 0 Å². The minimum Gasteiger partial charge on any atom is -0.387 e. The lowest BCUT2D eigenvalue weighted by Gasteiger charge is -2.26. The van der Waals surface area contributed by atoms with Gasteiger partial charge in [-0.1, -0.05) is 29.8 Å². The number of halogens is 1. The molecule has 0 aliphatic carbocycles. The molecule has 140 valence electrons. The van der Waals surface area contributed by atoms with Crippen molar-refractivity contribution in [2.75, 3.05) is 34.2 Å². The molecule has 0 amide bonds. The second-order valence-corrected chi connectivity index (χ2v) is 6.99. The van der Waals surface area contributed by atoms with Crippen LogP contribution in [0.1, 0.15) is 17.5 Å². The van der Waals surface area contributed by atoms with Gasteiger partial charge in [0.2, 0.25) is 0 Å². The highest BCUT2D eigenvalue weighted by Crippen LogP contribution is 2.29. The van der Waals surface area contributed by atoms with E-state index >= 15 is 0 Å². The van der Waals surface area contributed by atoms with Crippen molar-refractivity contribution in [2.24, 2.45) is 4.99 Å². The summed E-state index contributed by atoms with van der Waals surface area (Å²) in [6, 6.07) is 11.9. The fourth-order valence-corrected chi connectivity index (χ4v) is 3.48. The Balaban J connectivity index is 2.20. The third-order valence-electron chi connectivity index (χ3n) is 4.78. The Morgan fingerprint density at radius 1 is 1.11 bits per heavy atom. The topological polar surface area (TPSA) is 40.5 Å². The molecule has 1 N–H and O–H groups in total. The van der Waals surface area contributed by atoms with Gasteiger partial charge in [-0.25, -0.2) is 0 Å². The number of nitrogens with zero attached hydrogens (tertiary/aromatic N) is 3. The summed E-state index contributed by atoms with van der Waals surface area (Å²) in [5.41, 5.74) is 6.57. The van der Waals surface area contributed by atoms with Crippen LogP contribution in [0.15, 0.2) is 71.1 Å². The number of hydrogen-bond acceptors (Lipinski definition) is 4. The number of aromatic nitrogens is 1. The molecule has 2 aromatic rings. The molecule has 1 aromatic carbocycles. The number of hydrogen-bond donors (Lipinski definition) is 1. The summed E-state index contributed by atoms with van der Waals surface area (Å²) >= 11 is 6.10. The predicted octanol–water partition coefficient (Wildman–Crippen LogP) is 4.05. The van der Waals surface area contributed by atoms with Crippen molar-refractivity contribution >= 4 is 22.9 Å². The van der Waals surface area contributed by atoms with Crippen LogP contribution < -0.4 is 5.32 Å². The Bertz CT molecular complexity index is 867. The van der Waals surface area contributed by atoms with Crippen molar-refractivity contribution in [1.29, 1.82) is 0 Å². The van der Waals surface area contributed by atoms with Gasteiger partial charge in [0.15, 0.2) is 0 Å². The number of aliphatic imine (C=N–C) groups is 1. The van der Waals surface area contributed by atoms with Gasteiger partial charge < -0.3 is 10.2 Å². The number of likely N-dealkylation sites (N-methyl/N-ethyl adjacent to an activating group) is 2. The molecule has 0 bridgehead atoms. The number of nitrogens with one attached hydrogen (secondary N) is 1. The van der Waals surface area contributed by atoms with E-state index < -0.39 is 0 Å². The highest BCUT2D eigenvalue weighted by Gasteiger charge is 2.21. The Hall–Kier alpha value is -2.43. The number of pyridine rings is 1. The molecule has 0 saturated carbocycles. The Kier molecular flexibility index (Phi) is 6.43. The van der Waals surface area contributed by atoms with E-state index in [4.69, 9.17) is 11.6 Å². The molecular formula is C22H25ClN4. The van der Waals surface area contributed by atoms with Crippen molar-refractivity contribution in [2.45, 2.75) is 6.42 Å². The fraction of sp³-hybridized carbons (Fsp3) is 0.273. The van der Waals surface area contributed by atoms with Crippen LogP contribution in [-0.4, -0.2) is 49.8 Å². The van der Waals surface area contributed by atoms with Crippen molar-refractivity contribution in [3.05, 3.63) is 82.3 Å². The molecule has 0 fully saturated rings. The van der Waals surface area contributed by atoms with Crippen LogP contribution in [0.4, 0.5) is 0 Å². The first-order chi connectivity index (χ1) is 13.1. The predicted molar refractivity (Wildman–Crippen MR) is 114 cm³/mol. The number of allylic oxidation sites excluding steroid dienone is 2. The zero-order valence-electron chi connectivity index (χ0n) is 16.0. The molecule has 0 radical (unpaired) electrons. The van der Waals surface area contributed by atoms with Crippen LogP contribution in [0.3, 0.4) is 0 Å². The van der Waals surface area contributed by atoms with E-state index in [-0.39, 0.29) is 0 Å². The van der Waals surface area contributed by atoms with Crippen LogP contribution in [-0.2, 0) is 0 Å². The average Bonchev–Trinajstić information content (AvgIpc) is 2.71. The third kappa shape index (κ3) is 4.46. The fourth-order valence-electron chi connectivity index (χ4n) is 3.35. The normalized spacial score (nSPS) is 16.6. The van der Waals surface area contributed by atoms with Gasteiger partial charge in [0.05, 0.1) is 5.71 Å². The molecule has 1 aliphatic heterocycles. The minimum absolute atomic E-state index is 0.718. The van der Waals surface area contributed by atoms with E-state index in [2.05, 4.69) is 33.3 Å². The van der Waals surface area contributed by atoms with Crippen molar-refractivity contribution < 1.29 is 0 Å². The van der Waals surface area contributed by atoms with Gasteiger partial charge >= 0.3 is 0 Å². The zero-order chi connectivity index (χ0) is 19.2. The summed E-state index contributed by atoms with van der Waals surface area (Å²) in [6.07, 6.45) is 6.94. The van der Waals surface area contributed by atoms with Gasteiger partial charge in [-0.2, -0.15) is 0 Å². The van der Waals surface area contributed by atoms with E-state index in [1.807, 2.05) is 62.9 Å². The van der Waals surface area contributed by atoms with Crippen LogP contribution >= 0.6 is 11.6 Å². The van der Waals surface area contributed by atoms with Crippen LogP contribution in [0.25, 0.3) is 5.57 Å². The van der Waals surface area contributed by atoms with E-state index in [9.17, 15) is 0 Å². The zero-order valence-corrected chi connectivity index (χ0v) is 16.8. The first-order valence-electron chi connectivity index (χ1n) is 9.07. The molecule has 0 saturated heterocycles. The summed E-state index contributed by atoms with van der Waals surface area (Å²) in [4.78, 5) is 11.2. The summed E-state index contributed by atoms with van der Waals surface area (Å²) in [7, 11) is 5.96. The number of rotatable bonds is 5. The number of benzene rings is 1. The maximum atomic E-state index is 6.10. The molecule has 4 nitrogen and oxygen atoms in total. The second kappa shape index (κ2) is 8.98. The highest BCUT2D eigenvalue weighted by molar-refractivity contribution is 6.34. The summed E-state index contributed by atoms with van der Waals surface area (Å²) in [6.45, 7) is 1.99. The summed E-state index contributed by atoms with van der Waals surface area (Å²) < 4.78 is 0. The van der Waals surface area contributed by atoms with Gasteiger partial charge in [0.1, 0.15) is 0 Å². The van der Waals surface area contributed by atoms with Gasteiger partial charge in [-0.15, -0.1) is 0 Å². The third-order valence-corrected chi connectivity index (χ3v) is 5.03. The van der Waals surface area contributed by atoms with Gasteiger partial charge in [0, 0.05) is 61.4 Å². The molecule has 0 spiro atoms. The standard InChI is InChI=1S/C22H25ClN4/c1-24-21(17-4-6-19(23)7-5-17)20(16-8-12-26-13-9-16)22(25-2)18-10-14-27(3)15-11-18/h4-10,12-13,25H,11,14-15H2,1-3H3/b22-20-,24-21-. The lowest BCUT2D eigenvalue weighted by atomic mass is 9.90. The maximum Gasteiger partial charge on any atom is 0.0742 e. The van der Waals surface area contributed by atoms with Crippen molar-refractivity contribution in [3.8, 4) is 0 Å². The minimum atomic E-state index is 0.718. The molecule has 2 heterocycles. The van der Waals surface area contributed by atoms with Crippen molar-refractivity contribution in [1.82, 2.24) is 15.2 Å². The molecule has 1 aromatic heterocycles. The van der Waals surface area contributed by atoms with Crippen LogP contribution in [0.5, 0.6) is 0 Å². The van der Waals surface area contributed by atoms with E-state index in [1.54, 1.807) is 0 Å². The largest absolute Gasteiger partial charge is 0.387 e. The van der Waals surface area contributed by atoms with E-state index in [0.29, 0.717) is 0 Å². The first-order valence-corrected chi connectivity index (χ1v) is 9.45. The SMILES string of the molecule is C/N=C(\C(=C(/NC)C1=CCN(C)CC1)c1ccncc1)c1ccc(Cl)cc1. The van der Waals surface area contributed by atoms with Crippen LogP contribution in [0, 0.1) is 0 Å². The lowest BCUT2D eigenvalue weighted by Crippen LogP contribution is -2.27. The summed E-state index contributed by atoms with van der Waals surface area (Å²) in [5, 5.41) is 4.16. The quantitative estimate of drug-likeness (QED) is 0.795. The maximum absolute atomic E-state index is 6.10. The Labute approximate surface area is 166 Å². The molecule has 27 heavy (non-hydrogen) atoms. The van der Waals surface area contributed by atoms with Crippen molar-refractivity contribution in [3.63, 3.8) is 0 Å². The average molecular weight is 381 g/mol. The smallest absolute Gasteiger partial charge is 0.0742 e. The Morgan fingerprint density at radius 3 is 2.37 bits per heavy atom. The van der Waals surface area contributed by atoms with E-state index in [1.165, 1.54) is 5.57 Å². The molecule has 3 rings (SSSR count). The van der Waals surface area contributed by atoms with Gasteiger partial charge in [-0.3, -0.25) is 9.98 Å². The highest BCUT2D eigenvalue weighted by atomic mass is 35.5. The van der Waals surface area contributed by atoms with Gasteiger partial charge in [-0.05, 0) is 48.9 Å². The molecule has 0 unspecified atom stereocenters. The lowest BCUT2D eigenvalue weighted by molar-refractivity contribution is 0.360. The first kappa shape index (κ1) is 19.3. The molecule has 1 aliphatic rings. The monoisotopic (exact) mass is 380 g/mol. The molecular weight excluding hydrogens is 356 g/mol. The van der Waals surface area contributed by atoms with Crippen LogP contribution in [0.2, 0.25) is 5.02 Å². The second-order valence-electron chi connectivity index (χ2n) is 6.56. The molecule has 5 heteroatoms. The van der Waals surface area contributed by atoms with E-state index in [0.717, 1.165) is 52.6 Å².